The summed E-state index contributed by atoms with van der Waals surface area (Å²) < 4.78 is 0. The fourth-order valence-electron chi connectivity index (χ4n) is 3.60. The van der Waals surface area contributed by atoms with Crippen molar-refractivity contribution < 1.29 is 14.7 Å². The van der Waals surface area contributed by atoms with Gasteiger partial charge in [0.05, 0.1) is 6.04 Å². The molecule has 0 aliphatic carbocycles. The number of benzene rings is 2. The minimum atomic E-state index is -0.817. The van der Waals surface area contributed by atoms with Crippen molar-refractivity contribution in [1.82, 2.24) is 10.6 Å². The van der Waals surface area contributed by atoms with Gasteiger partial charge >= 0.3 is 0 Å². The summed E-state index contributed by atoms with van der Waals surface area (Å²) in [7, 11) is 0. The number of carbonyl (C=O) groups is 2. The molecule has 2 aromatic carbocycles. The van der Waals surface area contributed by atoms with E-state index in [4.69, 9.17) is 5.73 Å². The lowest BCUT2D eigenvalue weighted by Gasteiger charge is -2.25. The van der Waals surface area contributed by atoms with Gasteiger partial charge < -0.3 is 21.5 Å². The number of primary amides is 1. The van der Waals surface area contributed by atoms with Gasteiger partial charge in [-0.1, -0.05) is 63.2 Å². The fourth-order valence-corrected chi connectivity index (χ4v) is 3.60. The van der Waals surface area contributed by atoms with E-state index in [9.17, 15) is 14.7 Å². The molecule has 3 atom stereocenters. The van der Waals surface area contributed by atoms with Crippen LogP contribution in [0.15, 0.2) is 48.5 Å². The zero-order chi connectivity index (χ0) is 23.0. The monoisotopic (exact) mass is 425 g/mol. The van der Waals surface area contributed by atoms with Crippen molar-refractivity contribution >= 4 is 11.8 Å². The summed E-state index contributed by atoms with van der Waals surface area (Å²) in [6.45, 7) is 8.59. The molecule has 0 heterocycles. The van der Waals surface area contributed by atoms with Crippen LogP contribution in [0.2, 0.25) is 0 Å². The SMILES string of the molecule is Cc1cc(CC(NC(=O)C(NCCC(C)c2ccccc2)C(C)C)C(N)=O)ccc1O. The number of rotatable bonds is 11. The maximum atomic E-state index is 12.9. The van der Waals surface area contributed by atoms with E-state index in [1.165, 1.54) is 5.56 Å². The molecule has 0 aromatic heterocycles. The molecule has 6 heteroatoms. The predicted octanol–water partition coefficient (Wildman–Crippen LogP) is 3.02. The molecule has 2 rings (SSSR count). The smallest absolute Gasteiger partial charge is 0.240 e. The van der Waals surface area contributed by atoms with E-state index in [2.05, 4.69) is 29.7 Å². The van der Waals surface area contributed by atoms with Crippen LogP contribution in [0.4, 0.5) is 0 Å². The van der Waals surface area contributed by atoms with E-state index in [0.717, 1.165) is 12.0 Å². The largest absolute Gasteiger partial charge is 0.508 e. The molecule has 31 heavy (non-hydrogen) atoms. The Hall–Kier alpha value is -2.86. The van der Waals surface area contributed by atoms with Crippen LogP contribution in [0.3, 0.4) is 0 Å². The lowest BCUT2D eigenvalue weighted by Crippen LogP contribution is -2.54. The number of hydrogen-bond acceptors (Lipinski definition) is 4. The molecule has 168 valence electrons. The minimum absolute atomic E-state index is 0.0523. The highest BCUT2D eigenvalue weighted by atomic mass is 16.3. The van der Waals surface area contributed by atoms with Gasteiger partial charge in [-0.25, -0.2) is 0 Å². The molecule has 0 saturated carbocycles. The van der Waals surface area contributed by atoms with Crippen molar-refractivity contribution in [1.29, 1.82) is 0 Å². The van der Waals surface area contributed by atoms with Crippen molar-refractivity contribution in [3.8, 4) is 5.75 Å². The van der Waals surface area contributed by atoms with Crippen molar-refractivity contribution in [2.75, 3.05) is 6.54 Å². The summed E-state index contributed by atoms with van der Waals surface area (Å²) in [4.78, 5) is 24.9. The molecule has 2 amide bonds. The normalized spacial score (nSPS) is 14.1. The number of aromatic hydroxyl groups is 1. The zero-order valence-corrected chi connectivity index (χ0v) is 18.9. The van der Waals surface area contributed by atoms with Gasteiger partial charge in [-0.15, -0.1) is 0 Å². The minimum Gasteiger partial charge on any atom is -0.508 e. The first kappa shape index (κ1) is 24.4. The van der Waals surface area contributed by atoms with E-state index < -0.39 is 18.0 Å². The second-order valence-electron chi connectivity index (χ2n) is 8.56. The van der Waals surface area contributed by atoms with Crippen LogP contribution in [0.25, 0.3) is 0 Å². The lowest BCUT2D eigenvalue weighted by molar-refractivity contribution is -0.129. The first-order valence-corrected chi connectivity index (χ1v) is 10.9. The van der Waals surface area contributed by atoms with Gasteiger partial charge in [0.25, 0.3) is 0 Å². The molecular weight excluding hydrogens is 390 g/mol. The number of amides is 2. The average Bonchev–Trinajstić information content (AvgIpc) is 2.73. The Morgan fingerprint density at radius 2 is 1.74 bits per heavy atom. The molecule has 0 aliphatic rings. The molecule has 0 saturated heterocycles. The summed E-state index contributed by atoms with van der Waals surface area (Å²) in [6.07, 6.45) is 1.17. The van der Waals surface area contributed by atoms with Crippen LogP contribution in [0.1, 0.15) is 49.8 Å². The summed E-state index contributed by atoms with van der Waals surface area (Å²) in [5.74, 6) is -0.199. The van der Waals surface area contributed by atoms with E-state index in [0.29, 0.717) is 18.0 Å². The highest BCUT2D eigenvalue weighted by molar-refractivity contribution is 5.89. The first-order chi connectivity index (χ1) is 14.7. The van der Waals surface area contributed by atoms with Gasteiger partial charge in [0.2, 0.25) is 11.8 Å². The van der Waals surface area contributed by atoms with Crippen LogP contribution in [-0.4, -0.2) is 35.5 Å². The Morgan fingerprint density at radius 3 is 2.32 bits per heavy atom. The number of hydrogen-bond donors (Lipinski definition) is 4. The highest BCUT2D eigenvalue weighted by Gasteiger charge is 2.26. The van der Waals surface area contributed by atoms with E-state index in [1.807, 2.05) is 32.0 Å². The Bertz CT molecular complexity index is 868. The molecule has 5 N–H and O–H groups in total. The summed E-state index contributed by atoms with van der Waals surface area (Å²) >= 11 is 0. The Kier molecular flexibility index (Phi) is 9.06. The third-order valence-electron chi connectivity index (χ3n) is 5.62. The molecule has 2 aromatic rings. The fraction of sp³-hybridized carbons (Fsp3) is 0.440. The summed E-state index contributed by atoms with van der Waals surface area (Å²) in [5, 5.41) is 15.8. The van der Waals surface area contributed by atoms with Gasteiger partial charge in [-0.2, -0.15) is 0 Å². The molecule has 0 bridgehead atoms. The number of phenolic OH excluding ortho intramolecular Hbond substituents is 1. The van der Waals surface area contributed by atoms with Gasteiger partial charge in [-0.05, 0) is 54.5 Å². The van der Waals surface area contributed by atoms with Gasteiger partial charge in [0.1, 0.15) is 11.8 Å². The third-order valence-corrected chi connectivity index (χ3v) is 5.62. The molecular formula is C25H35N3O3. The van der Waals surface area contributed by atoms with E-state index in [1.54, 1.807) is 25.1 Å². The highest BCUT2D eigenvalue weighted by Crippen LogP contribution is 2.19. The first-order valence-electron chi connectivity index (χ1n) is 10.9. The molecule has 6 nitrogen and oxygen atoms in total. The van der Waals surface area contributed by atoms with Gasteiger partial charge in [0.15, 0.2) is 0 Å². The Morgan fingerprint density at radius 1 is 1.06 bits per heavy atom. The predicted molar refractivity (Wildman–Crippen MR) is 124 cm³/mol. The quantitative estimate of drug-likeness (QED) is 0.444. The Balaban J connectivity index is 1.96. The number of aryl methyl sites for hydroxylation is 1. The standard InChI is InChI=1S/C25H35N3O3/c1-16(2)23(27-13-12-17(3)20-8-6-5-7-9-20)25(31)28-21(24(26)30)15-19-10-11-22(29)18(4)14-19/h5-11,14,16-17,21,23,27,29H,12-13,15H2,1-4H3,(H2,26,30)(H,28,31). The van der Waals surface area contributed by atoms with E-state index >= 15 is 0 Å². The maximum Gasteiger partial charge on any atom is 0.240 e. The Labute approximate surface area is 185 Å². The van der Waals surface area contributed by atoms with E-state index in [-0.39, 0.29) is 24.0 Å². The van der Waals surface area contributed by atoms with Crippen LogP contribution in [0.5, 0.6) is 5.75 Å². The summed E-state index contributed by atoms with van der Waals surface area (Å²) in [6, 6.07) is 14.1. The van der Waals surface area contributed by atoms with Crippen molar-refractivity contribution in [3.05, 3.63) is 65.2 Å². The topological polar surface area (TPSA) is 104 Å². The van der Waals surface area contributed by atoms with Gasteiger partial charge in [0, 0.05) is 6.42 Å². The molecule has 3 unspecified atom stereocenters. The molecule has 0 fully saturated rings. The average molecular weight is 426 g/mol. The molecule has 0 aliphatic heterocycles. The second-order valence-corrected chi connectivity index (χ2v) is 8.56. The molecule has 0 spiro atoms. The summed E-state index contributed by atoms with van der Waals surface area (Å²) in [5.41, 5.74) is 8.36. The third kappa shape index (κ3) is 7.40. The second kappa shape index (κ2) is 11.5. The van der Waals surface area contributed by atoms with Crippen molar-refractivity contribution in [3.63, 3.8) is 0 Å². The number of nitrogens with one attached hydrogen (secondary N) is 2. The number of nitrogens with two attached hydrogens (primary N) is 1. The maximum absolute atomic E-state index is 12.9. The zero-order valence-electron chi connectivity index (χ0n) is 18.9. The molecule has 0 radical (unpaired) electrons. The van der Waals surface area contributed by atoms with Crippen LogP contribution in [0, 0.1) is 12.8 Å². The van der Waals surface area contributed by atoms with Crippen molar-refractivity contribution in [2.24, 2.45) is 11.7 Å². The number of phenols is 1. The van der Waals surface area contributed by atoms with Gasteiger partial charge in [-0.3, -0.25) is 9.59 Å². The van der Waals surface area contributed by atoms with Crippen molar-refractivity contribution in [2.45, 2.75) is 58.5 Å². The van der Waals surface area contributed by atoms with Crippen LogP contribution in [-0.2, 0) is 16.0 Å². The lowest BCUT2D eigenvalue weighted by atomic mass is 9.97. The number of carbonyl (C=O) groups excluding carboxylic acids is 2. The van der Waals surface area contributed by atoms with Crippen LogP contribution < -0.4 is 16.4 Å². The van der Waals surface area contributed by atoms with Crippen LogP contribution >= 0.6 is 0 Å².